The summed E-state index contributed by atoms with van der Waals surface area (Å²) >= 11 is 0. The second kappa shape index (κ2) is 1.50. The first-order chi connectivity index (χ1) is 5.16. The fourth-order valence-electron chi connectivity index (χ4n) is 3.87. The molecule has 62 valence electrons. The Balaban J connectivity index is 1.92. The second-order valence-electron chi connectivity index (χ2n) is 4.86. The molecule has 2 heteroatoms. The minimum atomic E-state index is -0.0590. The van der Waals surface area contributed by atoms with E-state index >= 15 is 0 Å². The van der Waals surface area contributed by atoms with E-state index in [0.717, 1.165) is 25.7 Å². The van der Waals surface area contributed by atoms with Gasteiger partial charge in [0.1, 0.15) is 0 Å². The van der Waals surface area contributed by atoms with Gasteiger partial charge in [0.15, 0.2) is 0 Å². The number of aliphatic hydroxyl groups is 2. The van der Waals surface area contributed by atoms with Gasteiger partial charge in [-0.15, -0.1) is 0 Å². The molecule has 11 heavy (non-hydrogen) atoms. The number of hydrogen-bond acceptors (Lipinski definition) is 2. The Labute approximate surface area is 66.2 Å². The molecule has 0 aromatic heterocycles. The maximum absolute atomic E-state index is 9.43. The molecule has 0 aromatic rings. The van der Waals surface area contributed by atoms with Crippen molar-refractivity contribution in [3.05, 3.63) is 0 Å². The lowest BCUT2D eigenvalue weighted by Gasteiger charge is -2.15. The van der Waals surface area contributed by atoms with Gasteiger partial charge in [0.2, 0.25) is 0 Å². The molecule has 0 aliphatic heterocycles. The zero-order valence-electron chi connectivity index (χ0n) is 6.58. The molecule has 0 heterocycles. The van der Waals surface area contributed by atoms with Crippen LogP contribution in [0.4, 0.5) is 0 Å². The van der Waals surface area contributed by atoms with Crippen LogP contribution in [-0.2, 0) is 0 Å². The topological polar surface area (TPSA) is 40.5 Å². The van der Waals surface area contributed by atoms with E-state index in [4.69, 9.17) is 0 Å². The Hall–Kier alpha value is -0.0800. The average Bonchev–Trinajstić information content (AvgIpc) is 2.15. The van der Waals surface area contributed by atoms with Crippen molar-refractivity contribution < 1.29 is 10.2 Å². The fourth-order valence-corrected chi connectivity index (χ4v) is 3.87. The normalized spacial score (nSPS) is 66.0. The fraction of sp³-hybridized carbons (Fsp3) is 1.00. The Morgan fingerprint density at radius 2 is 1.18 bits per heavy atom. The molecule has 0 bridgehead atoms. The maximum atomic E-state index is 9.43. The van der Waals surface area contributed by atoms with Crippen molar-refractivity contribution in [2.24, 2.45) is 10.8 Å². The average molecular weight is 154 g/mol. The Bertz CT molecular complexity index is 178. The highest BCUT2D eigenvalue weighted by Gasteiger charge is 2.75. The summed E-state index contributed by atoms with van der Waals surface area (Å²) in [4.78, 5) is 0. The van der Waals surface area contributed by atoms with Gasteiger partial charge in [-0.25, -0.2) is 0 Å². The van der Waals surface area contributed by atoms with Crippen molar-refractivity contribution in [2.45, 2.75) is 44.3 Å². The molecule has 3 fully saturated rings. The van der Waals surface area contributed by atoms with Crippen LogP contribution < -0.4 is 0 Å². The maximum Gasteiger partial charge on any atom is 0.0551 e. The molecule has 3 aliphatic carbocycles. The first-order valence-corrected chi connectivity index (χ1v) is 4.52. The molecule has 0 spiro atoms. The molecule has 0 atom stereocenters. The van der Waals surface area contributed by atoms with Crippen LogP contribution in [0.5, 0.6) is 0 Å². The van der Waals surface area contributed by atoms with E-state index in [-0.39, 0.29) is 12.2 Å². The Morgan fingerprint density at radius 3 is 1.55 bits per heavy atom. The van der Waals surface area contributed by atoms with E-state index in [1.165, 1.54) is 6.42 Å². The van der Waals surface area contributed by atoms with E-state index in [1.54, 1.807) is 0 Å². The SMILES string of the molecule is OC1CC23CC(O)CC2(C1)C3. The molecular weight excluding hydrogens is 140 g/mol. The van der Waals surface area contributed by atoms with Gasteiger partial charge in [-0.05, 0) is 42.9 Å². The number of hydrogen-bond donors (Lipinski definition) is 2. The van der Waals surface area contributed by atoms with E-state index < -0.39 is 0 Å². The van der Waals surface area contributed by atoms with Crippen molar-refractivity contribution in [2.75, 3.05) is 0 Å². The molecule has 0 amide bonds. The van der Waals surface area contributed by atoms with E-state index in [2.05, 4.69) is 0 Å². The molecular formula is C9H14O2. The summed E-state index contributed by atoms with van der Waals surface area (Å²) in [5.74, 6) is 0. The van der Waals surface area contributed by atoms with Gasteiger partial charge in [-0.3, -0.25) is 0 Å². The van der Waals surface area contributed by atoms with Crippen molar-refractivity contribution in [3.63, 3.8) is 0 Å². The highest BCUT2D eigenvalue weighted by Crippen LogP contribution is 2.80. The van der Waals surface area contributed by atoms with Crippen LogP contribution in [0.25, 0.3) is 0 Å². The molecule has 2 N–H and O–H groups in total. The van der Waals surface area contributed by atoms with Crippen LogP contribution in [0.3, 0.4) is 0 Å². The summed E-state index contributed by atoms with van der Waals surface area (Å²) in [5, 5.41) is 18.9. The van der Waals surface area contributed by atoms with Gasteiger partial charge in [0.05, 0.1) is 12.2 Å². The van der Waals surface area contributed by atoms with Crippen molar-refractivity contribution in [1.82, 2.24) is 0 Å². The van der Waals surface area contributed by atoms with E-state index in [0.29, 0.717) is 10.8 Å². The minimum absolute atomic E-state index is 0.0590. The van der Waals surface area contributed by atoms with Gasteiger partial charge in [-0.2, -0.15) is 0 Å². The number of rotatable bonds is 0. The van der Waals surface area contributed by atoms with Gasteiger partial charge >= 0.3 is 0 Å². The standard InChI is InChI=1S/C9H14O2/c10-6-1-8-3-7(11)4-9(8,2-6)5-8/h6-7,10-11H,1-5H2. The largest absolute Gasteiger partial charge is 0.393 e. The first-order valence-electron chi connectivity index (χ1n) is 4.52. The lowest BCUT2D eigenvalue weighted by molar-refractivity contribution is 0.102. The summed E-state index contributed by atoms with van der Waals surface area (Å²) in [5.41, 5.74) is 0.789. The van der Waals surface area contributed by atoms with Gasteiger partial charge < -0.3 is 10.2 Å². The second-order valence-corrected chi connectivity index (χ2v) is 4.86. The smallest absolute Gasteiger partial charge is 0.0551 e. The van der Waals surface area contributed by atoms with Gasteiger partial charge in [-0.1, -0.05) is 0 Å². The third kappa shape index (κ3) is 0.574. The summed E-state index contributed by atoms with van der Waals surface area (Å²) in [6, 6.07) is 0. The van der Waals surface area contributed by atoms with Gasteiger partial charge in [0.25, 0.3) is 0 Å². The van der Waals surface area contributed by atoms with Crippen LogP contribution >= 0.6 is 0 Å². The summed E-state index contributed by atoms with van der Waals surface area (Å²) < 4.78 is 0. The first kappa shape index (κ1) is 6.44. The molecule has 0 aromatic carbocycles. The van der Waals surface area contributed by atoms with Crippen molar-refractivity contribution in [1.29, 1.82) is 0 Å². The monoisotopic (exact) mass is 154 g/mol. The van der Waals surface area contributed by atoms with Crippen LogP contribution in [0.15, 0.2) is 0 Å². The van der Waals surface area contributed by atoms with Crippen LogP contribution in [0.1, 0.15) is 32.1 Å². The third-order valence-electron chi connectivity index (χ3n) is 4.18. The van der Waals surface area contributed by atoms with Crippen LogP contribution in [0.2, 0.25) is 0 Å². The van der Waals surface area contributed by atoms with Crippen molar-refractivity contribution in [3.8, 4) is 0 Å². The third-order valence-corrected chi connectivity index (χ3v) is 4.18. The minimum Gasteiger partial charge on any atom is -0.393 e. The molecule has 0 unspecified atom stereocenters. The zero-order chi connectivity index (χ0) is 7.69. The quantitative estimate of drug-likeness (QED) is 0.538. The summed E-state index contributed by atoms with van der Waals surface area (Å²) in [6.45, 7) is 0. The molecule has 3 saturated carbocycles. The summed E-state index contributed by atoms with van der Waals surface area (Å²) in [7, 11) is 0. The predicted octanol–water partition coefficient (Wildman–Crippen LogP) is 0.672. The highest BCUT2D eigenvalue weighted by molar-refractivity contribution is 5.24. The number of aliphatic hydroxyl groups excluding tert-OH is 2. The molecule has 3 aliphatic rings. The van der Waals surface area contributed by atoms with E-state index in [9.17, 15) is 10.2 Å². The molecule has 3 rings (SSSR count). The molecule has 0 radical (unpaired) electrons. The zero-order valence-corrected chi connectivity index (χ0v) is 6.58. The molecule has 0 saturated heterocycles. The van der Waals surface area contributed by atoms with Crippen molar-refractivity contribution >= 4 is 0 Å². The van der Waals surface area contributed by atoms with E-state index in [1.807, 2.05) is 0 Å². The van der Waals surface area contributed by atoms with Gasteiger partial charge in [0, 0.05) is 0 Å². The van der Waals surface area contributed by atoms with Crippen LogP contribution in [-0.4, -0.2) is 22.4 Å². The summed E-state index contributed by atoms with van der Waals surface area (Å²) in [6.07, 6.45) is 5.02. The van der Waals surface area contributed by atoms with Crippen LogP contribution in [0, 0.1) is 10.8 Å². The molecule has 2 nitrogen and oxygen atoms in total. The Kier molecular flexibility index (Phi) is 0.879. The lowest BCUT2D eigenvalue weighted by atomic mass is 9.97. The predicted molar refractivity (Wildman–Crippen MR) is 40.0 cm³/mol. The lowest BCUT2D eigenvalue weighted by Crippen LogP contribution is -2.15. The Morgan fingerprint density at radius 1 is 0.818 bits per heavy atom. The highest BCUT2D eigenvalue weighted by atomic mass is 16.3.